The van der Waals surface area contributed by atoms with Crippen molar-refractivity contribution in [3.05, 3.63) is 47.5 Å². The lowest BCUT2D eigenvalue weighted by Crippen LogP contribution is -2.23. The minimum atomic E-state index is -4.61. The highest BCUT2D eigenvalue weighted by Gasteiger charge is 2.37. The molecule has 1 aliphatic rings. The summed E-state index contributed by atoms with van der Waals surface area (Å²) in [7, 11) is 1.19. The summed E-state index contributed by atoms with van der Waals surface area (Å²) in [5.74, 6) is -0.656. The minimum Gasteiger partial charge on any atom is -0.495 e. The number of halogens is 3. The van der Waals surface area contributed by atoms with Gasteiger partial charge in [-0.25, -0.2) is 0 Å². The SMILES string of the molecule is COc1c(SC)cc(C(=O)C2Nc3ccccc3S2)cc1C(F)(F)F. The minimum absolute atomic E-state index is 0.00952. The Balaban J connectivity index is 1.99. The molecular weight excluding hydrogens is 371 g/mol. The second-order valence-corrected chi connectivity index (χ2v) is 7.25. The van der Waals surface area contributed by atoms with Crippen molar-refractivity contribution in [3.63, 3.8) is 0 Å². The molecule has 1 aliphatic heterocycles. The van der Waals surface area contributed by atoms with Gasteiger partial charge < -0.3 is 10.1 Å². The Morgan fingerprint density at radius 3 is 2.60 bits per heavy atom. The zero-order valence-electron chi connectivity index (χ0n) is 13.3. The third-order valence-corrected chi connectivity index (χ3v) is 5.65. The quantitative estimate of drug-likeness (QED) is 0.581. The van der Waals surface area contributed by atoms with Crippen LogP contribution in [0.2, 0.25) is 0 Å². The van der Waals surface area contributed by atoms with E-state index in [1.165, 1.54) is 24.9 Å². The summed E-state index contributed by atoms with van der Waals surface area (Å²) in [6.45, 7) is 0. The number of ether oxygens (including phenoxy) is 1. The molecule has 3 nitrogen and oxygen atoms in total. The molecule has 0 saturated carbocycles. The first kappa shape index (κ1) is 18.0. The number of para-hydroxylation sites is 1. The van der Waals surface area contributed by atoms with Crippen molar-refractivity contribution < 1.29 is 22.7 Å². The van der Waals surface area contributed by atoms with Crippen LogP contribution in [0.5, 0.6) is 5.75 Å². The first-order valence-corrected chi connectivity index (χ1v) is 9.35. The first-order chi connectivity index (χ1) is 11.8. The zero-order chi connectivity index (χ0) is 18.2. The van der Waals surface area contributed by atoms with Gasteiger partial charge in [-0.1, -0.05) is 23.9 Å². The lowest BCUT2D eigenvalue weighted by atomic mass is 10.1. The van der Waals surface area contributed by atoms with Gasteiger partial charge in [0.2, 0.25) is 0 Å². The van der Waals surface area contributed by atoms with Crippen molar-refractivity contribution in [2.45, 2.75) is 21.3 Å². The van der Waals surface area contributed by atoms with E-state index in [2.05, 4.69) is 5.32 Å². The Hall–Kier alpha value is -1.80. The van der Waals surface area contributed by atoms with Crippen LogP contribution in [0.1, 0.15) is 15.9 Å². The maximum Gasteiger partial charge on any atom is 0.420 e. The third-order valence-electron chi connectivity index (χ3n) is 3.73. The van der Waals surface area contributed by atoms with Crippen LogP contribution >= 0.6 is 23.5 Å². The van der Waals surface area contributed by atoms with Gasteiger partial charge in [-0.3, -0.25) is 4.79 Å². The van der Waals surface area contributed by atoms with Crippen LogP contribution in [0.25, 0.3) is 0 Å². The standard InChI is InChI=1S/C17H14F3NO2S2/c1-23-15-10(17(18,19)20)7-9(8-13(15)24-2)14(22)16-21-11-5-3-4-6-12(11)25-16/h3-8,16,21H,1-2H3. The molecule has 1 atom stereocenters. The van der Waals surface area contributed by atoms with Crippen LogP contribution in [0.4, 0.5) is 18.9 Å². The number of methoxy groups -OCH3 is 1. The van der Waals surface area contributed by atoms with E-state index in [4.69, 9.17) is 4.74 Å². The normalized spacial score (nSPS) is 16.3. The molecule has 0 bridgehead atoms. The second-order valence-electron chi connectivity index (χ2n) is 5.26. The average Bonchev–Trinajstić information content (AvgIpc) is 3.03. The van der Waals surface area contributed by atoms with Gasteiger partial charge >= 0.3 is 6.18 Å². The van der Waals surface area contributed by atoms with Crippen molar-refractivity contribution in [1.29, 1.82) is 0 Å². The highest BCUT2D eigenvalue weighted by Crippen LogP contribution is 2.44. The molecule has 1 N–H and O–H groups in total. The number of rotatable bonds is 4. The third kappa shape index (κ3) is 3.46. The molecule has 0 saturated heterocycles. The van der Waals surface area contributed by atoms with Crippen molar-refractivity contribution in [2.24, 2.45) is 0 Å². The predicted octanol–water partition coefficient (Wildman–Crippen LogP) is 5.16. The summed E-state index contributed by atoms with van der Waals surface area (Å²) in [6.07, 6.45) is -2.96. The van der Waals surface area contributed by atoms with Crippen LogP contribution in [-0.4, -0.2) is 24.5 Å². The largest absolute Gasteiger partial charge is 0.495 e. The molecule has 2 aromatic carbocycles. The first-order valence-electron chi connectivity index (χ1n) is 7.25. The molecule has 1 unspecified atom stereocenters. The summed E-state index contributed by atoms with van der Waals surface area (Å²) < 4.78 is 45.0. The number of carbonyl (C=O) groups excluding carboxylic acids is 1. The Bertz CT molecular complexity index is 799. The maximum absolute atomic E-state index is 13.4. The zero-order valence-corrected chi connectivity index (χ0v) is 14.9. The van der Waals surface area contributed by atoms with Gasteiger partial charge in [0.15, 0.2) is 5.78 Å². The van der Waals surface area contributed by atoms with E-state index < -0.39 is 22.9 Å². The lowest BCUT2D eigenvalue weighted by molar-refractivity contribution is -0.139. The number of hydrogen-bond donors (Lipinski definition) is 1. The second kappa shape index (κ2) is 6.84. The number of fused-ring (bicyclic) bond motifs is 1. The predicted molar refractivity (Wildman–Crippen MR) is 93.8 cm³/mol. The molecular formula is C17H14F3NO2S2. The fraction of sp³-hybridized carbons (Fsp3) is 0.235. The van der Waals surface area contributed by atoms with Gasteiger partial charge in [0.25, 0.3) is 0 Å². The van der Waals surface area contributed by atoms with E-state index in [1.54, 1.807) is 6.26 Å². The number of Topliss-reactive ketones (excluding diaryl/α,β-unsaturated/α-hetero) is 1. The van der Waals surface area contributed by atoms with Crippen LogP contribution in [0.15, 0.2) is 46.2 Å². The molecule has 3 rings (SSSR count). The number of hydrogen-bond acceptors (Lipinski definition) is 5. The Labute approximate surface area is 151 Å². The molecule has 0 spiro atoms. The van der Waals surface area contributed by atoms with E-state index in [0.29, 0.717) is 0 Å². The summed E-state index contributed by atoms with van der Waals surface area (Å²) in [5.41, 5.74) is -0.124. The van der Waals surface area contributed by atoms with E-state index in [0.717, 1.165) is 28.4 Å². The van der Waals surface area contributed by atoms with E-state index in [-0.39, 0.29) is 16.2 Å². The number of thioether (sulfide) groups is 2. The number of nitrogens with one attached hydrogen (secondary N) is 1. The molecule has 132 valence electrons. The highest BCUT2D eigenvalue weighted by molar-refractivity contribution is 8.01. The highest BCUT2D eigenvalue weighted by atomic mass is 32.2. The van der Waals surface area contributed by atoms with Crippen LogP contribution in [-0.2, 0) is 6.18 Å². The van der Waals surface area contributed by atoms with E-state index >= 15 is 0 Å². The smallest absolute Gasteiger partial charge is 0.420 e. The topological polar surface area (TPSA) is 38.3 Å². The van der Waals surface area contributed by atoms with Crippen molar-refractivity contribution in [1.82, 2.24) is 0 Å². The number of ketones is 1. The molecule has 0 aliphatic carbocycles. The maximum atomic E-state index is 13.4. The Kier molecular flexibility index (Phi) is 4.92. The number of alkyl halides is 3. The van der Waals surface area contributed by atoms with Crippen LogP contribution < -0.4 is 10.1 Å². The van der Waals surface area contributed by atoms with Gasteiger partial charge in [0, 0.05) is 16.1 Å². The molecule has 0 amide bonds. The number of carbonyl (C=O) groups is 1. The van der Waals surface area contributed by atoms with Gasteiger partial charge in [-0.15, -0.1) is 11.8 Å². The molecule has 0 radical (unpaired) electrons. The van der Waals surface area contributed by atoms with E-state index in [1.807, 2.05) is 24.3 Å². The molecule has 0 fully saturated rings. The summed E-state index contributed by atoms with van der Waals surface area (Å²) in [6, 6.07) is 9.70. The molecule has 25 heavy (non-hydrogen) atoms. The van der Waals surface area contributed by atoms with E-state index in [9.17, 15) is 18.0 Å². The van der Waals surface area contributed by atoms with Crippen molar-refractivity contribution in [3.8, 4) is 5.75 Å². The lowest BCUT2D eigenvalue weighted by Gasteiger charge is -2.17. The molecule has 8 heteroatoms. The van der Waals surface area contributed by atoms with Crippen molar-refractivity contribution in [2.75, 3.05) is 18.7 Å². The van der Waals surface area contributed by atoms with Crippen molar-refractivity contribution >= 4 is 35.0 Å². The fourth-order valence-electron chi connectivity index (χ4n) is 2.57. The van der Waals surface area contributed by atoms with Gasteiger partial charge in [0.05, 0.1) is 17.6 Å². The molecule has 2 aromatic rings. The fourth-order valence-corrected chi connectivity index (χ4v) is 4.29. The number of anilines is 1. The number of benzene rings is 2. The van der Waals surface area contributed by atoms with Crippen LogP contribution in [0.3, 0.4) is 0 Å². The van der Waals surface area contributed by atoms with Gasteiger partial charge in [-0.05, 0) is 30.5 Å². The summed E-state index contributed by atoms with van der Waals surface area (Å²) in [4.78, 5) is 13.9. The summed E-state index contributed by atoms with van der Waals surface area (Å²) in [5, 5.41) is 2.40. The monoisotopic (exact) mass is 385 g/mol. The Morgan fingerprint density at radius 1 is 1.28 bits per heavy atom. The molecule has 0 aromatic heterocycles. The summed E-state index contributed by atoms with van der Waals surface area (Å²) >= 11 is 2.40. The Morgan fingerprint density at radius 2 is 2.00 bits per heavy atom. The van der Waals surface area contributed by atoms with Gasteiger partial charge in [-0.2, -0.15) is 13.2 Å². The average molecular weight is 385 g/mol. The molecule has 1 heterocycles. The van der Waals surface area contributed by atoms with Gasteiger partial charge in [0.1, 0.15) is 11.1 Å². The van der Waals surface area contributed by atoms with Crippen LogP contribution in [0, 0.1) is 0 Å².